The predicted octanol–water partition coefficient (Wildman–Crippen LogP) is 5.64. The molecule has 4 heterocycles. The van der Waals surface area contributed by atoms with Crippen LogP contribution in [0.4, 0.5) is 0 Å². The third kappa shape index (κ3) is 3.56. The fourth-order valence-corrected chi connectivity index (χ4v) is 4.69. The second-order valence-electron chi connectivity index (χ2n) is 8.84. The number of rotatable bonds is 7. The normalized spacial score (nSPS) is 15.7. The average Bonchev–Trinajstić information content (AvgIpc) is 3.33. The van der Waals surface area contributed by atoms with Gasteiger partial charge < -0.3 is 14.0 Å². The summed E-state index contributed by atoms with van der Waals surface area (Å²) in [6.45, 7) is 11.7. The van der Waals surface area contributed by atoms with Crippen LogP contribution < -0.4 is 9.47 Å². The van der Waals surface area contributed by atoms with E-state index in [1.165, 1.54) is 5.56 Å². The molecule has 1 atom stereocenters. The molecule has 0 fully saturated rings. The first kappa shape index (κ1) is 21.6. The Balaban J connectivity index is 1.91. The van der Waals surface area contributed by atoms with Crippen LogP contribution in [-0.4, -0.2) is 33.2 Å². The fraction of sp³-hybridized carbons (Fsp3) is 0.560. The minimum atomic E-state index is 0.285. The summed E-state index contributed by atoms with van der Waals surface area (Å²) in [6.07, 6.45) is 5.17. The molecule has 6 heteroatoms. The zero-order chi connectivity index (χ0) is 22.3. The first-order valence-electron chi connectivity index (χ1n) is 11.5. The Kier molecular flexibility index (Phi) is 5.91. The summed E-state index contributed by atoms with van der Waals surface area (Å²) in [7, 11) is 3.72. The lowest BCUT2D eigenvalue weighted by Gasteiger charge is -2.15. The number of pyridine rings is 1. The number of ether oxygens (including phenoxy) is 2. The molecule has 0 amide bonds. The quantitative estimate of drug-likeness (QED) is 0.493. The molecule has 1 unspecified atom stereocenters. The average molecular weight is 423 g/mol. The molecule has 1 aliphatic rings. The van der Waals surface area contributed by atoms with Crippen molar-refractivity contribution in [3.63, 3.8) is 0 Å². The van der Waals surface area contributed by atoms with Gasteiger partial charge in [0.15, 0.2) is 5.65 Å². The van der Waals surface area contributed by atoms with E-state index in [0.717, 1.165) is 58.8 Å². The van der Waals surface area contributed by atoms with Crippen LogP contribution in [0, 0.1) is 5.92 Å². The molecule has 0 bridgehead atoms. The Hall–Kier alpha value is -2.63. The molecule has 6 nitrogen and oxygen atoms in total. The molecule has 3 aromatic heterocycles. The van der Waals surface area contributed by atoms with Gasteiger partial charge >= 0.3 is 0 Å². The van der Waals surface area contributed by atoms with Crippen LogP contribution in [0.2, 0.25) is 0 Å². The van der Waals surface area contributed by atoms with Gasteiger partial charge in [0.2, 0.25) is 5.88 Å². The largest absolute Gasteiger partial charge is 0.491 e. The third-order valence-corrected chi connectivity index (χ3v) is 6.65. The molecule has 3 aromatic rings. The molecule has 4 rings (SSSR count). The molecule has 166 valence electrons. The summed E-state index contributed by atoms with van der Waals surface area (Å²) in [4.78, 5) is 15.1. The van der Waals surface area contributed by atoms with Crippen LogP contribution >= 0.6 is 0 Å². The first-order chi connectivity index (χ1) is 14.9. The SMILES string of the molecule is CCc1nc2c(C(CC)CC)cn(C)c2nc1-c1cc2c(nc1OC)C(C(C)C)CO2. The van der Waals surface area contributed by atoms with E-state index in [2.05, 4.69) is 45.4 Å². The van der Waals surface area contributed by atoms with E-state index in [-0.39, 0.29) is 5.92 Å². The number of aromatic nitrogens is 4. The van der Waals surface area contributed by atoms with Crippen molar-refractivity contribution in [2.45, 2.75) is 65.7 Å². The number of hydrogen-bond donors (Lipinski definition) is 0. The second kappa shape index (κ2) is 8.48. The van der Waals surface area contributed by atoms with Gasteiger partial charge in [-0.1, -0.05) is 34.6 Å². The number of methoxy groups -OCH3 is 1. The topological polar surface area (TPSA) is 62.1 Å². The Labute approximate surface area is 185 Å². The lowest BCUT2D eigenvalue weighted by molar-refractivity contribution is 0.303. The zero-order valence-electron chi connectivity index (χ0n) is 19.8. The monoisotopic (exact) mass is 422 g/mol. The first-order valence-corrected chi connectivity index (χ1v) is 11.5. The minimum absolute atomic E-state index is 0.285. The highest BCUT2D eigenvalue weighted by molar-refractivity contribution is 5.81. The molecule has 0 radical (unpaired) electrons. The predicted molar refractivity (Wildman–Crippen MR) is 124 cm³/mol. The Morgan fingerprint density at radius 2 is 1.90 bits per heavy atom. The van der Waals surface area contributed by atoms with Crippen molar-refractivity contribution in [1.82, 2.24) is 19.5 Å². The Morgan fingerprint density at radius 1 is 1.16 bits per heavy atom. The van der Waals surface area contributed by atoms with Gasteiger partial charge in [0.1, 0.15) is 11.3 Å². The van der Waals surface area contributed by atoms with E-state index in [0.29, 0.717) is 24.3 Å². The standard InChI is InChI=1S/C25H34N4O2/c1-8-15(9-2)17-12-29(6)24-23(17)26-19(10-3)21(27-24)16-11-20-22(28-25(16)30-7)18(13-31-20)14(4)5/h11-12,14-15,18H,8-10,13H2,1-7H3. The summed E-state index contributed by atoms with van der Waals surface area (Å²) >= 11 is 0. The van der Waals surface area contributed by atoms with Gasteiger partial charge in [-0.3, -0.25) is 0 Å². The number of nitrogens with zero attached hydrogens (tertiary/aromatic N) is 4. The van der Waals surface area contributed by atoms with Crippen molar-refractivity contribution in [3.8, 4) is 22.9 Å². The highest BCUT2D eigenvalue weighted by Gasteiger charge is 2.31. The van der Waals surface area contributed by atoms with Gasteiger partial charge in [0.05, 0.1) is 36.4 Å². The van der Waals surface area contributed by atoms with Crippen molar-refractivity contribution >= 4 is 11.2 Å². The number of aryl methyl sites for hydroxylation is 2. The highest BCUT2D eigenvalue weighted by atomic mass is 16.5. The van der Waals surface area contributed by atoms with E-state index < -0.39 is 0 Å². The molecule has 0 spiro atoms. The van der Waals surface area contributed by atoms with E-state index in [1.807, 2.05) is 13.1 Å². The fourth-order valence-electron chi connectivity index (χ4n) is 4.69. The molecular formula is C25H34N4O2. The molecular weight excluding hydrogens is 388 g/mol. The summed E-state index contributed by atoms with van der Waals surface area (Å²) in [5, 5.41) is 0. The zero-order valence-corrected chi connectivity index (χ0v) is 19.8. The molecule has 0 aliphatic carbocycles. The smallest absolute Gasteiger partial charge is 0.223 e. The number of hydrogen-bond acceptors (Lipinski definition) is 5. The summed E-state index contributed by atoms with van der Waals surface area (Å²) in [6, 6.07) is 2.04. The van der Waals surface area contributed by atoms with Gasteiger partial charge in [0.25, 0.3) is 0 Å². The van der Waals surface area contributed by atoms with Crippen LogP contribution in [0.3, 0.4) is 0 Å². The maximum Gasteiger partial charge on any atom is 0.223 e. The molecule has 0 N–H and O–H groups in total. The minimum Gasteiger partial charge on any atom is -0.491 e. The van der Waals surface area contributed by atoms with Crippen molar-refractivity contribution in [1.29, 1.82) is 0 Å². The van der Waals surface area contributed by atoms with Crippen LogP contribution in [0.25, 0.3) is 22.4 Å². The lowest BCUT2D eigenvalue weighted by atomic mass is 9.93. The van der Waals surface area contributed by atoms with E-state index >= 15 is 0 Å². The maximum atomic E-state index is 6.01. The van der Waals surface area contributed by atoms with Gasteiger partial charge in [-0.2, -0.15) is 0 Å². The Morgan fingerprint density at radius 3 is 2.52 bits per heavy atom. The van der Waals surface area contributed by atoms with Crippen LogP contribution in [-0.2, 0) is 13.5 Å². The van der Waals surface area contributed by atoms with Crippen LogP contribution in [0.1, 0.15) is 76.2 Å². The molecule has 0 saturated heterocycles. The Bertz CT molecular complexity index is 1100. The van der Waals surface area contributed by atoms with Crippen LogP contribution in [0.5, 0.6) is 11.6 Å². The van der Waals surface area contributed by atoms with Gasteiger partial charge in [-0.15, -0.1) is 0 Å². The summed E-state index contributed by atoms with van der Waals surface area (Å²) < 4.78 is 13.8. The van der Waals surface area contributed by atoms with Gasteiger partial charge in [0, 0.05) is 24.7 Å². The van der Waals surface area contributed by atoms with Gasteiger partial charge in [-0.25, -0.2) is 15.0 Å². The summed E-state index contributed by atoms with van der Waals surface area (Å²) in [5.41, 5.74) is 6.83. The van der Waals surface area contributed by atoms with Crippen molar-refractivity contribution in [2.75, 3.05) is 13.7 Å². The number of fused-ring (bicyclic) bond motifs is 2. The van der Waals surface area contributed by atoms with Crippen molar-refractivity contribution in [3.05, 3.63) is 29.2 Å². The third-order valence-electron chi connectivity index (χ3n) is 6.65. The van der Waals surface area contributed by atoms with E-state index in [1.54, 1.807) is 7.11 Å². The van der Waals surface area contributed by atoms with Crippen LogP contribution in [0.15, 0.2) is 12.3 Å². The van der Waals surface area contributed by atoms with E-state index in [9.17, 15) is 0 Å². The van der Waals surface area contributed by atoms with Crippen molar-refractivity contribution in [2.24, 2.45) is 13.0 Å². The van der Waals surface area contributed by atoms with E-state index in [4.69, 9.17) is 24.4 Å². The molecule has 0 saturated carbocycles. The second-order valence-corrected chi connectivity index (χ2v) is 8.84. The lowest BCUT2D eigenvalue weighted by Crippen LogP contribution is -2.09. The van der Waals surface area contributed by atoms with Gasteiger partial charge in [-0.05, 0) is 37.2 Å². The molecule has 1 aliphatic heterocycles. The molecule has 31 heavy (non-hydrogen) atoms. The summed E-state index contributed by atoms with van der Waals surface area (Å²) in [5.74, 6) is 2.66. The maximum absolute atomic E-state index is 6.01. The molecule has 0 aromatic carbocycles. The highest BCUT2D eigenvalue weighted by Crippen LogP contribution is 2.43. The van der Waals surface area contributed by atoms with Crippen molar-refractivity contribution < 1.29 is 9.47 Å².